The fraction of sp³-hybridized carbons (Fsp3) is 0.524. The van der Waals surface area contributed by atoms with E-state index < -0.39 is 0 Å². The SMILES string of the molecule is CCCCCC(CC)Oc1ccc2cc(OC(C)Cl)ccc2c1C. The average molecular weight is 349 g/mol. The number of hydrogen-bond donors (Lipinski definition) is 0. The Morgan fingerprint density at radius 2 is 1.83 bits per heavy atom. The molecule has 3 heteroatoms. The molecule has 2 rings (SSSR count). The lowest BCUT2D eigenvalue weighted by Crippen LogP contribution is -2.15. The highest BCUT2D eigenvalue weighted by Gasteiger charge is 2.12. The van der Waals surface area contributed by atoms with Crippen molar-refractivity contribution in [1.29, 1.82) is 0 Å². The molecule has 0 N–H and O–H groups in total. The Bertz CT molecular complexity index is 652. The van der Waals surface area contributed by atoms with Gasteiger partial charge in [-0.25, -0.2) is 0 Å². The Labute approximate surface area is 151 Å². The second-order valence-corrected chi connectivity index (χ2v) is 6.99. The van der Waals surface area contributed by atoms with Crippen LogP contribution >= 0.6 is 11.6 Å². The highest BCUT2D eigenvalue weighted by atomic mass is 35.5. The predicted octanol–water partition coefficient (Wildman–Crippen LogP) is 6.85. The highest BCUT2D eigenvalue weighted by Crippen LogP contribution is 2.31. The van der Waals surface area contributed by atoms with Gasteiger partial charge in [-0.1, -0.05) is 50.4 Å². The summed E-state index contributed by atoms with van der Waals surface area (Å²) in [6.07, 6.45) is 6.23. The number of aryl methyl sites for hydroxylation is 1. The maximum atomic E-state index is 6.29. The van der Waals surface area contributed by atoms with Crippen molar-refractivity contribution in [3.63, 3.8) is 0 Å². The number of rotatable bonds is 9. The summed E-state index contributed by atoms with van der Waals surface area (Å²) in [4.78, 5) is 0. The van der Waals surface area contributed by atoms with Gasteiger partial charge in [-0.2, -0.15) is 0 Å². The molecule has 0 aliphatic heterocycles. The van der Waals surface area contributed by atoms with Crippen LogP contribution in [0.1, 0.15) is 58.4 Å². The standard InChI is InChI=1S/C21H29ClO2/c1-5-7-8-9-18(6-2)24-21-13-10-17-14-19(23-16(4)22)11-12-20(17)15(21)3/h10-14,16,18H,5-9H2,1-4H3. The van der Waals surface area contributed by atoms with E-state index in [2.05, 4.69) is 39.0 Å². The number of unbranched alkanes of at least 4 members (excludes halogenated alkanes) is 2. The van der Waals surface area contributed by atoms with Crippen LogP contribution in [-0.2, 0) is 0 Å². The third kappa shape index (κ3) is 5.04. The van der Waals surface area contributed by atoms with Crippen molar-refractivity contribution in [2.75, 3.05) is 0 Å². The van der Waals surface area contributed by atoms with Gasteiger partial charge in [0.05, 0.1) is 6.10 Å². The van der Waals surface area contributed by atoms with E-state index in [1.54, 1.807) is 0 Å². The van der Waals surface area contributed by atoms with Crippen molar-refractivity contribution in [2.45, 2.75) is 71.5 Å². The highest BCUT2D eigenvalue weighted by molar-refractivity contribution is 6.19. The quantitative estimate of drug-likeness (QED) is 0.364. The Kier molecular flexibility index (Phi) is 7.23. The van der Waals surface area contributed by atoms with Crippen molar-refractivity contribution in [2.24, 2.45) is 0 Å². The summed E-state index contributed by atoms with van der Waals surface area (Å²) in [5, 5.41) is 2.35. The van der Waals surface area contributed by atoms with Crippen LogP contribution in [-0.4, -0.2) is 11.7 Å². The zero-order chi connectivity index (χ0) is 17.5. The molecule has 0 aliphatic carbocycles. The molecule has 0 fully saturated rings. The van der Waals surface area contributed by atoms with Crippen LogP contribution in [0.25, 0.3) is 10.8 Å². The molecule has 0 heterocycles. The van der Waals surface area contributed by atoms with Gasteiger partial charge in [-0.05, 0) is 67.6 Å². The molecule has 2 aromatic rings. The minimum Gasteiger partial charge on any atom is -0.490 e. The van der Waals surface area contributed by atoms with E-state index in [1.165, 1.54) is 30.2 Å². The van der Waals surface area contributed by atoms with E-state index in [-0.39, 0.29) is 5.56 Å². The van der Waals surface area contributed by atoms with Gasteiger partial charge in [0.25, 0.3) is 0 Å². The number of hydrogen-bond acceptors (Lipinski definition) is 2. The normalized spacial score (nSPS) is 13.7. The zero-order valence-corrected chi connectivity index (χ0v) is 16.0. The monoisotopic (exact) mass is 348 g/mol. The second-order valence-electron chi connectivity index (χ2n) is 6.38. The second kappa shape index (κ2) is 9.17. The maximum Gasteiger partial charge on any atom is 0.169 e. The molecule has 0 aliphatic rings. The van der Waals surface area contributed by atoms with E-state index in [1.807, 2.05) is 19.1 Å². The van der Waals surface area contributed by atoms with Crippen LogP contribution < -0.4 is 9.47 Å². The van der Waals surface area contributed by atoms with E-state index in [0.29, 0.717) is 6.10 Å². The smallest absolute Gasteiger partial charge is 0.169 e. The lowest BCUT2D eigenvalue weighted by molar-refractivity contribution is 0.182. The van der Waals surface area contributed by atoms with Crippen LogP contribution in [0.5, 0.6) is 11.5 Å². The van der Waals surface area contributed by atoms with E-state index in [4.69, 9.17) is 21.1 Å². The van der Waals surface area contributed by atoms with Gasteiger partial charge in [0, 0.05) is 0 Å². The molecule has 2 aromatic carbocycles. The third-order valence-corrected chi connectivity index (χ3v) is 4.48. The number of benzene rings is 2. The number of alkyl halides is 1. The summed E-state index contributed by atoms with van der Waals surface area (Å²) in [7, 11) is 0. The summed E-state index contributed by atoms with van der Waals surface area (Å²) in [6, 6.07) is 10.3. The molecule has 0 saturated carbocycles. The third-order valence-electron chi connectivity index (χ3n) is 4.39. The van der Waals surface area contributed by atoms with Crippen LogP contribution in [0.2, 0.25) is 0 Å². The van der Waals surface area contributed by atoms with E-state index in [9.17, 15) is 0 Å². The molecule has 0 amide bonds. The topological polar surface area (TPSA) is 18.5 Å². The first-order valence-electron chi connectivity index (χ1n) is 9.05. The molecule has 0 aromatic heterocycles. The van der Waals surface area contributed by atoms with Gasteiger partial charge >= 0.3 is 0 Å². The van der Waals surface area contributed by atoms with Crippen molar-refractivity contribution >= 4 is 22.4 Å². The molecular formula is C21H29ClO2. The van der Waals surface area contributed by atoms with Crippen molar-refractivity contribution in [3.05, 3.63) is 35.9 Å². The first-order valence-corrected chi connectivity index (χ1v) is 9.49. The molecule has 2 nitrogen and oxygen atoms in total. The van der Waals surface area contributed by atoms with Gasteiger partial charge in [0.2, 0.25) is 0 Å². The fourth-order valence-corrected chi connectivity index (χ4v) is 3.08. The van der Waals surface area contributed by atoms with Gasteiger partial charge in [-0.15, -0.1) is 0 Å². The van der Waals surface area contributed by atoms with E-state index >= 15 is 0 Å². The molecule has 132 valence electrons. The Morgan fingerprint density at radius 3 is 2.50 bits per heavy atom. The Balaban J connectivity index is 2.18. The molecule has 0 saturated heterocycles. The van der Waals surface area contributed by atoms with Crippen LogP contribution in [0.3, 0.4) is 0 Å². The molecule has 24 heavy (non-hydrogen) atoms. The van der Waals surface area contributed by atoms with Crippen LogP contribution in [0.4, 0.5) is 0 Å². The summed E-state index contributed by atoms with van der Waals surface area (Å²) in [5.74, 6) is 1.79. The van der Waals surface area contributed by atoms with Gasteiger partial charge in [0.1, 0.15) is 11.5 Å². The molecule has 0 radical (unpaired) electrons. The maximum absolute atomic E-state index is 6.29. The summed E-state index contributed by atoms with van der Waals surface area (Å²) < 4.78 is 11.9. The lowest BCUT2D eigenvalue weighted by atomic mass is 10.0. The number of fused-ring (bicyclic) bond motifs is 1. The molecule has 2 unspecified atom stereocenters. The summed E-state index contributed by atoms with van der Waals surface area (Å²) >= 11 is 5.90. The number of halogens is 1. The lowest BCUT2D eigenvalue weighted by Gasteiger charge is -2.20. The summed E-state index contributed by atoms with van der Waals surface area (Å²) in [6.45, 7) is 8.38. The summed E-state index contributed by atoms with van der Waals surface area (Å²) in [5.41, 5.74) is 0.853. The largest absolute Gasteiger partial charge is 0.490 e. The number of ether oxygens (including phenoxy) is 2. The first kappa shape index (κ1) is 18.9. The van der Waals surface area contributed by atoms with Crippen molar-refractivity contribution in [3.8, 4) is 11.5 Å². The molecule has 2 atom stereocenters. The van der Waals surface area contributed by atoms with E-state index in [0.717, 1.165) is 29.7 Å². The first-order chi connectivity index (χ1) is 11.5. The Hall–Kier alpha value is -1.41. The zero-order valence-electron chi connectivity index (χ0n) is 15.3. The van der Waals surface area contributed by atoms with Gasteiger partial charge in [0.15, 0.2) is 5.56 Å². The minimum atomic E-state index is -0.334. The van der Waals surface area contributed by atoms with Crippen molar-refractivity contribution < 1.29 is 9.47 Å². The Morgan fingerprint density at radius 1 is 1.04 bits per heavy atom. The van der Waals surface area contributed by atoms with Crippen LogP contribution in [0, 0.1) is 6.92 Å². The molecular weight excluding hydrogens is 320 g/mol. The molecule has 0 spiro atoms. The van der Waals surface area contributed by atoms with Gasteiger partial charge < -0.3 is 9.47 Å². The van der Waals surface area contributed by atoms with Crippen LogP contribution in [0.15, 0.2) is 30.3 Å². The van der Waals surface area contributed by atoms with Crippen molar-refractivity contribution in [1.82, 2.24) is 0 Å². The predicted molar refractivity (Wildman–Crippen MR) is 103 cm³/mol. The minimum absolute atomic E-state index is 0.299. The molecule has 0 bridgehead atoms. The van der Waals surface area contributed by atoms with Gasteiger partial charge in [-0.3, -0.25) is 0 Å². The average Bonchev–Trinajstić information content (AvgIpc) is 2.55. The fourth-order valence-electron chi connectivity index (χ4n) is 2.98.